The van der Waals surface area contributed by atoms with E-state index in [4.69, 9.17) is 10.9 Å². The summed E-state index contributed by atoms with van der Waals surface area (Å²) in [6.07, 6.45) is 2.87. The predicted octanol–water partition coefficient (Wildman–Crippen LogP) is -0.157. The Morgan fingerprint density at radius 2 is 2.20 bits per heavy atom. The van der Waals surface area contributed by atoms with Crippen LogP contribution in [0.3, 0.4) is 0 Å². The molecule has 1 saturated heterocycles. The molecule has 2 heterocycles. The van der Waals surface area contributed by atoms with Crippen molar-refractivity contribution >= 4 is 15.7 Å². The van der Waals surface area contributed by atoms with Crippen molar-refractivity contribution in [2.24, 2.45) is 10.9 Å². The number of nitrogens with two attached hydrogens (primary N) is 1. The summed E-state index contributed by atoms with van der Waals surface area (Å²) in [4.78, 5) is 4.00. The van der Waals surface area contributed by atoms with Crippen LogP contribution in [0.2, 0.25) is 0 Å². The molecule has 0 bridgehead atoms. The second-order valence-electron chi connectivity index (χ2n) is 4.84. The van der Waals surface area contributed by atoms with Gasteiger partial charge in [-0.05, 0) is 30.5 Å². The molecule has 1 aliphatic heterocycles. The lowest BCUT2D eigenvalue weighted by Gasteiger charge is -2.23. The maximum Gasteiger partial charge on any atom is 0.188 e. The van der Waals surface area contributed by atoms with E-state index in [0.717, 1.165) is 5.56 Å². The molecule has 0 radical (unpaired) electrons. The molecule has 1 aliphatic rings. The van der Waals surface area contributed by atoms with Gasteiger partial charge in [0.1, 0.15) is 15.5 Å². The molecule has 20 heavy (non-hydrogen) atoms. The van der Waals surface area contributed by atoms with Crippen LogP contribution in [-0.4, -0.2) is 42.0 Å². The Hall–Kier alpha value is -1.67. The summed E-state index contributed by atoms with van der Waals surface area (Å²) in [5, 5.41) is 14.8. The summed E-state index contributed by atoms with van der Waals surface area (Å²) in [5.74, 6) is 0.461. The highest BCUT2D eigenvalue weighted by molar-refractivity contribution is 7.91. The Balaban J connectivity index is 1.92. The van der Waals surface area contributed by atoms with Crippen molar-refractivity contribution in [2.45, 2.75) is 25.4 Å². The third kappa shape index (κ3) is 3.91. The molecule has 0 atom stereocenters. The first-order valence-electron chi connectivity index (χ1n) is 6.37. The number of amidine groups is 1. The molecule has 2 rings (SSSR count). The first-order chi connectivity index (χ1) is 9.50. The third-order valence-electron chi connectivity index (χ3n) is 3.34. The van der Waals surface area contributed by atoms with Crippen molar-refractivity contribution in [3.63, 3.8) is 0 Å². The first kappa shape index (κ1) is 14.7. The average Bonchev–Trinajstić information content (AvgIpc) is 2.45. The van der Waals surface area contributed by atoms with Gasteiger partial charge in [0, 0.05) is 18.8 Å². The molecular formula is C12H18N4O3S. The summed E-state index contributed by atoms with van der Waals surface area (Å²) in [6.45, 7) is 0.596. The highest BCUT2D eigenvalue weighted by Gasteiger charge is 2.22. The lowest BCUT2D eigenvalue weighted by atomic mass is 10.1. The Labute approximate surface area is 117 Å². The maximum atomic E-state index is 11.3. The number of oxime groups is 1. The van der Waals surface area contributed by atoms with Gasteiger partial charge < -0.3 is 16.3 Å². The number of nitrogens with one attached hydrogen (secondary N) is 1. The Kier molecular flexibility index (Phi) is 4.56. The van der Waals surface area contributed by atoms with Gasteiger partial charge >= 0.3 is 0 Å². The number of aromatic nitrogens is 1. The zero-order chi connectivity index (χ0) is 14.6. The molecule has 1 aromatic rings. The lowest BCUT2D eigenvalue weighted by Crippen LogP contribution is -2.37. The molecule has 1 aromatic heterocycles. The molecule has 0 amide bonds. The molecule has 7 nitrogen and oxygen atoms in total. The van der Waals surface area contributed by atoms with E-state index >= 15 is 0 Å². The molecule has 1 fully saturated rings. The lowest BCUT2D eigenvalue weighted by molar-refractivity contribution is 0.318. The Morgan fingerprint density at radius 3 is 2.85 bits per heavy atom. The minimum atomic E-state index is -2.83. The minimum absolute atomic E-state index is 0.0318. The fourth-order valence-corrected chi connectivity index (χ4v) is 3.62. The highest BCUT2D eigenvalue weighted by atomic mass is 32.2. The van der Waals surface area contributed by atoms with Crippen molar-refractivity contribution < 1.29 is 13.6 Å². The van der Waals surface area contributed by atoms with E-state index in [1.807, 2.05) is 6.07 Å². The smallest absolute Gasteiger partial charge is 0.188 e. The fraction of sp³-hybridized carbons (Fsp3) is 0.500. The van der Waals surface area contributed by atoms with Crippen LogP contribution >= 0.6 is 0 Å². The second kappa shape index (κ2) is 6.19. The monoisotopic (exact) mass is 298 g/mol. The van der Waals surface area contributed by atoms with Gasteiger partial charge in [0.15, 0.2) is 5.84 Å². The van der Waals surface area contributed by atoms with E-state index < -0.39 is 9.84 Å². The van der Waals surface area contributed by atoms with Crippen LogP contribution in [0.4, 0.5) is 0 Å². The average molecular weight is 298 g/mol. The Morgan fingerprint density at radius 1 is 1.50 bits per heavy atom. The summed E-state index contributed by atoms with van der Waals surface area (Å²) >= 11 is 0. The number of sulfone groups is 1. The van der Waals surface area contributed by atoms with Crippen LogP contribution in [-0.2, 0) is 16.4 Å². The molecule has 4 N–H and O–H groups in total. The van der Waals surface area contributed by atoms with Crippen molar-refractivity contribution in [3.8, 4) is 0 Å². The molecule has 0 aromatic carbocycles. The zero-order valence-corrected chi connectivity index (χ0v) is 11.8. The van der Waals surface area contributed by atoms with Crippen LogP contribution < -0.4 is 11.1 Å². The van der Waals surface area contributed by atoms with Crippen molar-refractivity contribution in [3.05, 3.63) is 29.6 Å². The van der Waals surface area contributed by atoms with Crippen LogP contribution in [0.25, 0.3) is 0 Å². The molecule has 0 spiro atoms. The second-order valence-corrected chi connectivity index (χ2v) is 7.15. The predicted molar refractivity (Wildman–Crippen MR) is 75.3 cm³/mol. The van der Waals surface area contributed by atoms with Crippen LogP contribution in [0, 0.1) is 0 Å². The SMILES string of the molecule is NC(=NO)c1cc(CNC2CCS(=O)(=O)CC2)ccn1. The van der Waals surface area contributed by atoms with Gasteiger partial charge in [-0.15, -0.1) is 0 Å². The summed E-state index contributed by atoms with van der Waals surface area (Å²) in [6, 6.07) is 3.78. The van der Waals surface area contributed by atoms with E-state index in [-0.39, 0.29) is 23.4 Å². The summed E-state index contributed by atoms with van der Waals surface area (Å²) in [7, 11) is -2.83. The van der Waals surface area contributed by atoms with Gasteiger partial charge in [-0.25, -0.2) is 8.42 Å². The standard InChI is InChI=1S/C12H18N4O3S/c13-12(16-17)11-7-9(1-4-14-11)8-15-10-2-5-20(18,19)6-3-10/h1,4,7,10,15,17H,2-3,5-6,8H2,(H2,13,16). The van der Waals surface area contributed by atoms with Crippen LogP contribution in [0.5, 0.6) is 0 Å². The molecule has 8 heteroatoms. The highest BCUT2D eigenvalue weighted by Crippen LogP contribution is 2.13. The molecule has 110 valence electrons. The number of hydrogen-bond acceptors (Lipinski definition) is 6. The van der Waals surface area contributed by atoms with Gasteiger partial charge in [0.25, 0.3) is 0 Å². The van der Waals surface area contributed by atoms with Gasteiger partial charge in [0.05, 0.1) is 11.5 Å². The number of hydrogen-bond donors (Lipinski definition) is 3. The van der Waals surface area contributed by atoms with Crippen LogP contribution in [0.1, 0.15) is 24.1 Å². The van der Waals surface area contributed by atoms with Crippen molar-refractivity contribution in [1.82, 2.24) is 10.3 Å². The minimum Gasteiger partial charge on any atom is -0.409 e. The summed E-state index contributed by atoms with van der Waals surface area (Å²) < 4.78 is 22.7. The van der Waals surface area contributed by atoms with E-state index in [0.29, 0.717) is 25.1 Å². The van der Waals surface area contributed by atoms with E-state index in [1.165, 1.54) is 0 Å². The molecule has 0 saturated carbocycles. The van der Waals surface area contributed by atoms with E-state index in [9.17, 15) is 8.42 Å². The maximum absolute atomic E-state index is 11.3. The van der Waals surface area contributed by atoms with Gasteiger partial charge in [-0.2, -0.15) is 0 Å². The van der Waals surface area contributed by atoms with Crippen molar-refractivity contribution in [1.29, 1.82) is 0 Å². The Bertz CT molecular complexity index is 586. The zero-order valence-electron chi connectivity index (χ0n) is 11.0. The van der Waals surface area contributed by atoms with Gasteiger partial charge in [-0.1, -0.05) is 5.16 Å². The van der Waals surface area contributed by atoms with E-state index in [2.05, 4.69) is 15.5 Å². The first-order valence-corrected chi connectivity index (χ1v) is 8.19. The topological polar surface area (TPSA) is 118 Å². The van der Waals surface area contributed by atoms with Gasteiger partial charge in [0.2, 0.25) is 0 Å². The normalized spacial score (nSPS) is 19.9. The van der Waals surface area contributed by atoms with Gasteiger partial charge in [-0.3, -0.25) is 4.98 Å². The van der Waals surface area contributed by atoms with Crippen LogP contribution in [0.15, 0.2) is 23.5 Å². The molecule has 0 aliphatic carbocycles. The largest absolute Gasteiger partial charge is 0.409 e. The molecule has 0 unspecified atom stereocenters. The third-order valence-corrected chi connectivity index (χ3v) is 5.06. The van der Waals surface area contributed by atoms with E-state index in [1.54, 1.807) is 12.3 Å². The quantitative estimate of drug-likeness (QED) is 0.308. The number of nitrogens with zero attached hydrogens (tertiary/aromatic N) is 2. The molecular weight excluding hydrogens is 280 g/mol. The fourth-order valence-electron chi connectivity index (χ4n) is 2.13. The number of pyridine rings is 1. The van der Waals surface area contributed by atoms with Crippen molar-refractivity contribution in [2.75, 3.05) is 11.5 Å². The number of rotatable bonds is 4. The summed E-state index contributed by atoms with van der Waals surface area (Å²) in [5.41, 5.74) is 6.85.